The Kier molecular flexibility index (Phi) is 7.51. The molecule has 1 aromatic heterocycles. The van der Waals surface area contributed by atoms with Gasteiger partial charge in [-0.15, -0.1) is 23.7 Å². The number of carbonyl (C=O) groups excluding carboxylic acids is 1. The van der Waals surface area contributed by atoms with Gasteiger partial charge in [-0.1, -0.05) is 6.07 Å². The van der Waals surface area contributed by atoms with Crippen LogP contribution in [0.3, 0.4) is 0 Å². The van der Waals surface area contributed by atoms with Crippen LogP contribution in [0.25, 0.3) is 0 Å². The molecule has 2 heterocycles. The first-order valence-corrected chi connectivity index (χ1v) is 7.75. The summed E-state index contributed by atoms with van der Waals surface area (Å²) in [6.45, 7) is 3.96. The molecule has 2 rings (SSSR count). The van der Waals surface area contributed by atoms with Gasteiger partial charge in [0.25, 0.3) is 0 Å². The summed E-state index contributed by atoms with van der Waals surface area (Å²) in [6.07, 6.45) is 2.36. The van der Waals surface area contributed by atoms with E-state index < -0.39 is 0 Å². The lowest BCUT2D eigenvalue weighted by atomic mass is 9.98. The van der Waals surface area contributed by atoms with Crippen LogP contribution in [-0.2, 0) is 11.3 Å². The maximum Gasteiger partial charge on any atom is 0.236 e. The molecule has 0 saturated carbocycles. The van der Waals surface area contributed by atoms with Gasteiger partial charge in [0.15, 0.2) is 0 Å². The van der Waals surface area contributed by atoms with Crippen LogP contribution < -0.4 is 5.73 Å². The molecule has 1 atom stereocenters. The fraction of sp³-hybridized carbons (Fsp3) is 0.643. The molecule has 1 amide bonds. The second-order valence-electron chi connectivity index (χ2n) is 5.31. The quantitative estimate of drug-likeness (QED) is 0.901. The van der Waals surface area contributed by atoms with Crippen molar-refractivity contribution in [1.29, 1.82) is 0 Å². The maximum atomic E-state index is 12.2. The topological polar surface area (TPSA) is 49.6 Å². The zero-order valence-electron chi connectivity index (χ0n) is 12.0. The molecule has 0 radical (unpaired) electrons. The molecule has 1 aliphatic heterocycles. The second-order valence-corrected chi connectivity index (χ2v) is 6.34. The number of nitrogens with zero attached hydrogens (tertiary/aromatic N) is 2. The third-order valence-corrected chi connectivity index (χ3v) is 4.56. The van der Waals surface area contributed by atoms with Crippen LogP contribution in [0.2, 0.25) is 0 Å². The summed E-state index contributed by atoms with van der Waals surface area (Å²) < 4.78 is 0. The van der Waals surface area contributed by atoms with Gasteiger partial charge in [0.2, 0.25) is 5.91 Å². The Morgan fingerprint density at radius 2 is 2.40 bits per heavy atom. The average Bonchev–Trinajstić information content (AvgIpc) is 2.91. The van der Waals surface area contributed by atoms with Crippen molar-refractivity contribution in [2.75, 3.05) is 33.2 Å². The molecule has 1 saturated heterocycles. The summed E-state index contributed by atoms with van der Waals surface area (Å²) in [5.74, 6) is 0.759. The Bertz CT molecular complexity index is 399. The number of piperidine rings is 1. The highest BCUT2D eigenvalue weighted by molar-refractivity contribution is 7.09. The summed E-state index contributed by atoms with van der Waals surface area (Å²) in [6, 6.07) is 4.09. The summed E-state index contributed by atoms with van der Waals surface area (Å²) >= 11 is 1.69. The molecular formula is C14H24ClN3OS. The maximum absolute atomic E-state index is 12.2. The molecule has 0 aliphatic carbocycles. The van der Waals surface area contributed by atoms with Crippen LogP contribution in [0.15, 0.2) is 17.5 Å². The van der Waals surface area contributed by atoms with Crippen LogP contribution in [0.4, 0.5) is 0 Å². The number of likely N-dealkylation sites (N-methyl/N-ethyl adjacent to an activating group) is 1. The fourth-order valence-corrected chi connectivity index (χ4v) is 3.28. The number of nitrogens with two attached hydrogens (primary N) is 1. The molecule has 20 heavy (non-hydrogen) atoms. The van der Waals surface area contributed by atoms with E-state index in [2.05, 4.69) is 11.0 Å². The minimum atomic E-state index is 0. The van der Waals surface area contributed by atoms with Gasteiger partial charge in [0.1, 0.15) is 0 Å². The molecule has 1 unspecified atom stereocenters. The number of hydrogen-bond donors (Lipinski definition) is 1. The van der Waals surface area contributed by atoms with Gasteiger partial charge in [-0.25, -0.2) is 0 Å². The van der Waals surface area contributed by atoms with Gasteiger partial charge in [-0.3, -0.25) is 9.69 Å². The molecule has 114 valence electrons. The lowest BCUT2D eigenvalue weighted by molar-refractivity contribution is -0.132. The van der Waals surface area contributed by atoms with E-state index in [1.807, 2.05) is 23.4 Å². The predicted molar refractivity (Wildman–Crippen MR) is 86.3 cm³/mol. The minimum Gasteiger partial charge on any atom is -0.340 e. The zero-order valence-corrected chi connectivity index (χ0v) is 13.6. The summed E-state index contributed by atoms with van der Waals surface area (Å²) in [5, 5.41) is 2.05. The molecular weight excluding hydrogens is 294 g/mol. The van der Waals surface area contributed by atoms with Gasteiger partial charge in [0, 0.05) is 18.5 Å². The van der Waals surface area contributed by atoms with Crippen molar-refractivity contribution in [2.45, 2.75) is 19.4 Å². The van der Waals surface area contributed by atoms with Crippen LogP contribution in [0.5, 0.6) is 0 Å². The second kappa shape index (κ2) is 8.62. The number of rotatable bonds is 5. The lowest BCUT2D eigenvalue weighted by Crippen LogP contribution is -2.44. The summed E-state index contributed by atoms with van der Waals surface area (Å²) in [5.41, 5.74) is 5.73. The SMILES string of the molecule is CN(Cc1cccs1)C(=O)CN1CCCC(CN)C1.Cl. The third-order valence-electron chi connectivity index (χ3n) is 3.69. The first-order valence-electron chi connectivity index (χ1n) is 6.88. The minimum absolute atomic E-state index is 0. The first-order chi connectivity index (χ1) is 9.19. The largest absolute Gasteiger partial charge is 0.340 e. The van der Waals surface area contributed by atoms with Crippen LogP contribution in [0.1, 0.15) is 17.7 Å². The Balaban J connectivity index is 0.00000200. The fourth-order valence-electron chi connectivity index (χ4n) is 2.52. The van der Waals surface area contributed by atoms with Gasteiger partial charge in [-0.2, -0.15) is 0 Å². The first kappa shape index (κ1) is 17.4. The van der Waals surface area contributed by atoms with Gasteiger partial charge in [0.05, 0.1) is 13.1 Å². The van der Waals surface area contributed by atoms with Crippen molar-refractivity contribution in [2.24, 2.45) is 11.7 Å². The molecule has 4 nitrogen and oxygen atoms in total. The number of amides is 1. The van der Waals surface area contributed by atoms with Crippen molar-refractivity contribution in [3.05, 3.63) is 22.4 Å². The van der Waals surface area contributed by atoms with Crippen LogP contribution in [-0.4, -0.2) is 48.9 Å². The van der Waals surface area contributed by atoms with Crippen molar-refractivity contribution in [1.82, 2.24) is 9.80 Å². The standard InChI is InChI=1S/C14H23N3OS.ClH/c1-16(10-13-5-3-7-19-13)14(18)11-17-6-2-4-12(8-15)9-17;/h3,5,7,12H,2,4,6,8-11,15H2,1H3;1H. The zero-order chi connectivity index (χ0) is 13.7. The van der Waals surface area contributed by atoms with E-state index in [1.54, 1.807) is 11.3 Å². The van der Waals surface area contributed by atoms with E-state index in [0.717, 1.165) is 26.1 Å². The van der Waals surface area contributed by atoms with Crippen molar-refractivity contribution < 1.29 is 4.79 Å². The molecule has 2 N–H and O–H groups in total. The molecule has 0 bridgehead atoms. The Hall–Kier alpha value is -0.620. The average molecular weight is 318 g/mol. The van der Waals surface area contributed by atoms with Crippen LogP contribution >= 0.6 is 23.7 Å². The lowest BCUT2D eigenvalue weighted by Gasteiger charge is -2.32. The smallest absolute Gasteiger partial charge is 0.236 e. The van der Waals surface area contributed by atoms with E-state index >= 15 is 0 Å². The summed E-state index contributed by atoms with van der Waals surface area (Å²) in [7, 11) is 1.88. The number of carbonyl (C=O) groups is 1. The van der Waals surface area contributed by atoms with E-state index in [4.69, 9.17) is 5.73 Å². The normalized spacial score (nSPS) is 19.4. The van der Waals surface area contributed by atoms with E-state index in [0.29, 0.717) is 19.0 Å². The molecule has 6 heteroatoms. The molecule has 1 fully saturated rings. The van der Waals surface area contributed by atoms with Crippen molar-refractivity contribution in [3.63, 3.8) is 0 Å². The monoisotopic (exact) mass is 317 g/mol. The molecule has 1 aromatic rings. The molecule has 1 aliphatic rings. The van der Waals surface area contributed by atoms with E-state index in [9.17, 15) is 4.79 Å². The highest BCUT2D eigenvalue weighted by atomic mass is 35.5. The van der Waals surface area contributed by atoms with Crippen LogP contribution in [0, 0.1) is 5.92 Å². The predicted octanol–water partition coefficient (Wildman–Crippen LogP) is 1.80. The number of halogens is 1. The highest BCUT2D eigenvalue weighted by Crippen LogP contribution is 2.16. The van der Waals surface area contributed by atoms with E-state index in [-0.39, 0.29) is 18.3 Å². The Labute approximate surface area is 131 Å². The third kappa shape index (κ3) is 5.05. The highest BCUT2D eigenvalue weighted by Gasteiger charge is 2.21. The Morgan fingerprint density at radius 3 is 3.05 bits per heavy atom. The van der Waals surface area contributed by atoms with Gasteiger partial charge >= 0.3 is 0 Å². The van der Waals surface area contributed by atoms with Gasteiger partial charge < -0.3 is 10.6 Å². The molecule has 0 spiro atoms. The summed E-state index contributed by atoms with van der Waals surface area (Å²) in [4.78, 5) is 17.5. The number of likely N-dealkylation sites (tertiary alicyclic amines) is 1. The van der Waals surface area contributed by atoms with Crippen molar-refractivity contribution in [3.8, 4) is 0 Å². The molecule has 0 aromatic carbocycles. The number of hydrogen-bond acceptors (Lipinski definition) is 4. The van der Waals surface area contributed by atoms with Crippen molar-refractivity contribution >= 4 is 29.7 Å². The Morgan fingerprint density at radius 1 is 1.60 bits per heavy atom. The number of thiophene rings is 1. The van der Waals surface area contributed by atoms with Gasteiger partial charge in [-0.05, 0) is 43.3 Å². The van der Waals surface area contributed by atoms with E-state index in [1.165, 1.54) is 11.3 Å².